The van der Waals surface area contributed by atoms with Crippen molar-refractivity contribution in [1.29, 1.82) is 0 Å². The monoisotopic (exact) mass is 543 g/mol. The Morgan fingerprint density at radius 3 is 2.58 bits per heavy atom. The summed E-state index contributed by atoms with van der Waals surface area (Å²) in [5.41, 5.74) is 2.25. The molecule has 0 aliphatic carbocycles. The number of hydrogen-bond donors (Lipinski definition) is 3. The number of rotatable bonds is 6. The highest BCUT2D eigenvalue weighted by atomic mass is 35.5. The third-order valence-corrected chi connectivity index (χ3v) is 8.22. The summed E-state index contributed by atoms with van der Waals surface area (Å²) in [6.07, 6.45) is 5.71. The molecule has 0 radical (unpaired) electrons. The van der Waals surface area contributed by atoms with E-state index in [0.29, 0.717) is 49.6 Å². The molecule has 0 spiro atoms. The second kappa shape index (κ2) is 11.5. The van der Waals surface area contributed by atoms with Crippen molar-refractivity contribution >= 4 is 34.5 Å². The van der Waals surface area contributed by atoms with Crippen LogP contribution in [0.15, 0.2) is 48.7 Å². The Labute approximate surface area is 225 Å². The fourth-order valence-corrected chi connectivity index (χ4v) is 6.06. The number of fused-ring (bicyclic) bond motifs is 1. The minimum absolute atomic E-state index is 0.00165. The molecule has 0 saturated carbocycles. The molecular formula is C29H32ClF2N3O3. The average Bonchev–Trinajstić information content (AvgIpc) is 3.32. The number of aliphatic hydroxyl groups excluding tert-OH is 2. The van der Waals surface area contributed by atoms with Crippen LogP contribution in [0.5, 0.6) is 0 Å². The van der Waals surface area contributed by atoms with Crippen LogP contribution >= 0.6 is 11.6 Å². The molecule has 1 aromatic heterocycles. The highest BCUT2D eigenvalue weighted by molar-refractivity contribution is 6.35. The molecule has 38 heavy (non-hydrogen) atoms. The number of piperidine rings is 2. The number of aromatic amines is 1. The van der Waals surface area contributed by atoms with E-state index in [1.165, 1.54) is 24.3 Å². The van der Waals surface area contributed by atoms with Crippen LogP contribution in [0, 0.1) is 17.6 Å². The lowest BCUT2D eigenvalue weighted by atomic mass is 9.86. The highest BCUT2D eigenvalue weighted by Crippen LogP contribution is 2.36. The number of halogens is 3. The Kier molecular flexibility index (Phi) is 8.14. The molecule has 6 nitrogen and oxygen atoms in total. The van der Waals surface area contributed by atoms with Gasteiger partial charge < -0.3 is 20.1 Å². The third kappa shape index (κ3) is 5.94. The van der Waals surface area contributed by atoms with Crippen molar-refractivity contribution in [3.63, 3.8) is 0 Å². The molecule has 2 saturated heterocycles. The molecule has 1 amide bonds. The van der Waals surface area contributed by atoms with Crippen LogP contribution in [0.1, 0.15) is 36.3 Å². The Morgan fingerprint density at radius 1 is 1.13 bits per heavy atom. The number of nitrogens with one attached hydrogen (secondary N) is 1. The zero-order valence-corrected chi connectivity index (χ0v) is 21.7. The predicted molar refractivity (Wildman–Crippen MR) is 144 cm³/mol. The SMILES string of the molecule is O=C(/C=C/c1cc(F)cc(F)c1)N1CCC(C(O)CN2CCC(c3c[nH]c4c(Cl)cccc34)C(O)C2)CC1. The zero-order valence-electron chi connectivity index (χ0n) is 21.0. The Morgan fingerprint density at radius 2 is 1.87 bits per heavy atom. The van der Waals surface area contributed by atoms with Gasteiger partial charge in [-0.2, -0.15) is 0 Å². The molecule has 5 rings (SSSR count). The first-order valence-electron chi connectivity index (χ1n) is 13.1. The topological polar surface area (TPSA) is 79.8 Å². The van der Waals surface area contributed by atoms with Gasteiger partial charge in [-0.15, -0.1) is 0 Å². The standard InChI is InChI=1S/C29H32ClF2N3O3/c30-25-3-1-2-23-24(15-33-29(23)25)22-8-9-34(17-27(22)37)16-26(36)19-6-10-35(11-7-19)28(38)5-4-18-12-20(31)14-21(32)13-18/h1-5,12-15,19,22,26-27,33,36-37H,6-11,16-17H2/b5-4+. The van der Waals surface area contributed by atoms with Gasteiger partial charge in [-0.1, -0.05) is 23.7 Å². The van der Waals surface area contributed by atoms with E-state index in [0.717, 1.165) is 35.5 Å². The number of β-amino-alcohol motifs (C(OH)–C–C–N with tert-alkyl or cyclic N) is 2. The minimum Gasteiger partial charge on any atom is -0.392 e. The molecular weight excluding hydrogens is 512 g/mol. The van der Waals surface area contributed by atoms with Gasteiger partial charge in [0.2, 0.25) is 5.91 Å². The lowest BCUT2D eigenvalue weighted by Gasteiger charge is -2.39. The summed E-state index contributed by atoms with van der Waals surface area (Å²) in [4.78, 5) is 19.6. The van der Waals surface area contributed by atoms with Crippen molar-refractivity contribution in [1.82, 2.24) is 14.8 Å². The Balaban J connectivity index is 1.10. The summed E-state index contributed by atoms with van der Waals surface area (Å²) < 4.78 is 26.7. The maximum absolute atomic E-state index is 13.4. The van der Waals surface area contributed by atoms with E-state index in [1.807, 2.05) is 24.4 Å². The van der Waals surface area contributed by atoms with Gasteiger partial charge in [0.05, 0.1) is 22.7 Å². The predicted octanol–water partition coefficient (Wildman–Crippen LogP) is 4.56. The number of aromatic nitrogens is 1. The lowest BCUT2D eigenvalue weighted by molar-refractivity contribution is -0.128. The first kappa shape index (κ1) is 26.8. The largest absolute Gasteiger partial charge is 0.392 e. The van der Waals surface area contributed by atoms with Gasteiger partial charge in [-0.3, -0.25) is 9.69 Å². The normalized spacial score (nSPS) is 22.4. The second-order valence-electron chi connectivity index (χ2n) is 10.4. The number of aliphatic hydroxyl groups is 2. The van der Waals surface area contributed by atoms with E-state index in [9.17, 15) is 23.8 Å². The molecule has 202 valence electrons. The summed E-state index contributed by atoms with van der Waals surface area (Å²) in [5.74, 6) is -1.53. The van der Waals surface area contributed by atoms with Gasteiger partial charge in [0.25, 0.3) is 0 Å². The first-order valence-corrected chi connectivity index (χ1v) is 13.4. The van der Waals surface area contributed by atoms with E-state index >= 15 is 0 Å². The van der Waals surface area contributed by atoms with Crippen molar-refractivity contribution in [2.24, 2.45) is 5.92 Å². The molecule has 3 atom stereocenters. The molecule has 2 aliphatic heterocycles. The molecule has 2 aromatic carbocycles. The molecule has 3 unspecified atom stereocenters. The van der Waals surface area contributed by atoms with E-state index in [1.54, 1.807) is 4.90 Å². The van der Waals surface area contributed by atoms with E-state index < -0.39 is 23.8 Å². The van der Waals surface area contributed by atoms with Crippen molar-refractivity contribution in [2.75, 3.05) is 32.7 Å². The number of H-pyrrole nitrogens is 1. The molecule has 9 heteroatoms. The number of nitrogens with zero attached hydrogens (tertiary/aromatic N) is 2. The van der Waals surface area contributed by atoms with Gasteiger partial charge in [-0.25, -0.2) is 8.78 Å². The molecule has 3 heterocycles. The van der Waals surface area contributed by atoms with E-state index in [2.05, 4.69) is 9.88 Å². The van der Waals surface area contributed by atoms with Gasteiger partial charge >= 0.3 is 0 Å². The number of hydrogen-bond acceptors (Lipinski definition) is 4. The minimum atomic E-state index is -0.688. The number of carbonyl (C=O) groups excluding carboxylic acids is 1. The maximum atomic E-state index is 13.4. The zero-order chi connectivity index (χ0) is 26.8. The van der Waals surface area contributed by atoms with E-state index in [4.69, 9.17) is 11.6 Å². The molecule has 3 aromatic rings. The maximum Gasteiger partial charge on any atom is 0.246 e. The van der Waals surface area contributed by atoms with Gasteiger partial charge in [0.15, 0.2) is 0 Å². The fourth-order valence-electron chi connectivity index (χ4n) is 5.83. The van der Waals surface area contributed by atoms with Crippen molar-refractivity contribution in [3.05, 3.63) is 76.5 Å². The quantitative estimate of drug-likeness (QED) is 0.398. The first-order chi connectivity index (χ1) is 18.3. The molecule has 2 aliphatic rings. The Bertz CT molecular complexity index is 1300. The third-order valence-electron chi connectivity index (χ3n) is 7.91. The van der Waals surface area contributed by atoms with Gasteiger partial charge in [-0.05, 0) is 67.1 Å². The number of para-hydroxylation sites is 1. The summed E-state index contributed by atoms with van der Waals surface area (Å²) in [5, 5.41) is 23.6. The fraction of sp³-hybridized carbons (Fsp3) is 0.414. The summed E-state index contributed by atoms with van der Waals surface area (Å²) in [7, 11) is 0. The summed E-state index contributed by atoms with van der Waals surface area (Å²) in [6, 6.07) is 8.91. The van der Waals surface area contributed by atoms with Crippen molar-refractivity contribution in [3.8, 4) is 0 Å². The van der Waals surface area contributed by atoms with Crippen LogP contribution in [0.25, 0.3) is 17.0 Å². The van der Waals surface area contributed by atoms with E-state index in [-0.39, 0.29) is 17.7 Å². The van der Waals surface area contributed by atoms with Gasteiger partial charge in [0, 0.05) is 55.8 Å². The van der Waals surface area contributed by atoms with Crippen LogP contribution in [0.3, 0.4) is 0 Å². The average molecular weight is 544 g/mol. The van der Waals surface area contributed by atoms with Crippen LogP contribution in [0.4, 0.5) is 8.78 Å². The number of carbonyl (C=O) groups is 1. The smallest absolute Gasteiger partial charge is 0.246 e. The van der Waals surface area contributed by atoms with Crippen molar-refractivity contribution in [2.45, 2.75) is 37.4 Å². The van der Waals surface area contributed by atoms with Crippen LogP contribution < -0.4 is 0 Å². The number of amides is 1. The summed E-state index contributed by atoms with van der Waals surface area (Å²) >= 11 is 6.30. The van der Waals surface area contributed by atoms with Gasteiger partial charge in [0.1, 0.15) is 11.6 Å². The highest BCUT2D eigenvalue weighted by Gasteiger charge is 2.33. The van der Waals surface area contributed by atoms with Crippen LogP contribution in [-0.2, 0) is 4.79 Å². The van der Waals surface area contributed by atoms with Crippen molar-refractivity contribution < 1.29 is 23.8 Å². The second-order valence-corrected chi connectivity index (χ2v) is 10.8. The molecule has 0 bridgehead atoms. The number of likely N-dealkylation sites (tertiary alicyclic amines) is 2. The number of benzene rings is 2. The Hall–Kier alpha value is -2.78. The molecule has 3 N–H and O–H groups in total. The summed E-state index contributed by atoms with van der Waals surface area (Å²) in [6.45, 7) is 2.76. The lowest BCUT2D eigenvalue weighted by Crippen LogP contribution is -2.48. The molecule has 2 fully saturated rings. The van der Waals surface area contributed by atoms with Crippen LogP contribution in [-0.4, -0.2) is 75.8 Å². The van der Waals surface area contributed by atoms with Crippen LogP contribution in [0.2, 0.25) is 5.02 Å².